The largest absolute Gasteiger partial charge is 0.349 e. The van der Waals surface area contributed by atoms with Crippen LogP contribution >= 0.6 is 11.6 Å². The Morgan fingerprint density at radius 3 is 2.49 bits per heavy atom. The zero-order valence-electron chi connectivity index (χ0n) is 19.3. The number of carbonyl (C=O) groups is 4. The second-order valence-electron chi connectivity index (χ2n) is 9.19. The molecule has 4 amide bonds. The van der Waals surface area contributed by atoms with Gasteiger partial charge in [-0.2, -0.15) is 8.78 Å². The quantitative estimate of drug-likeness (QED) is 0.432. The van der Waals surface area contributed by atoms with E-state index >= 15 is 0 Å². The summed E-state index contributed by atoms with van der Waals surface area (Å²) in [5.74, 6) is -7.36. The Hall–Kier alpha value is -3.14. The van der Waals surface area contributed by atoms with Gasteiger partial charge in [-0.15, -0.1) is 0 Å². The summed E-state index contributed by atoms with van der Waals surface area (Å²) in [5, 5.41) is 4.87. The minimum Gasteiger partial charge on any atom is -0.346 e. The summed E-state index contributed by atoms with van der Waals surface area (Å²) in [6.07, 6.45) is 0. The van der Waals surface area contributed by atoms with Crippen LogP contribution in [0.3, 0.4) is 0 Å². The van der Waals surface area contributed by atoms with Crippen LogP contribution in [0.2, 0.25) is 16.7 Å². The summed E-state index contributed by atoms with van der Waals surface area (Å²) in [7, 11) is 5.11. The first kappa shape index (κ1) is 25.0. The Labute approximate surface area is 208 Å². The molecule has 2 aliphatic rings. The molecule has 4 rings (SSSR count). The average molecular weight is 497 g/mol. The molecule has 2 heterocycles. The lowest BCUT2D eigenvalue weighted by molar-refractivity contribution is -0.147. The van der Waals surface area contributed by atoms with Gasteiger partial charge in [0.25, 0.3) is 11.8 Å². The molecule has 1 saturated heterocycles. The van der Waals surface area contributed by atoms with E-state index in [1.54, 1.807) is 41.7 Å². The average Bonchev–Trinajstić information content (AvgIpc) is 3.16. The molecular formula is C22H21B3ClF2N3O4. The Bertz CT molecular complexity index is 1250. The maximum Gasteiger partial charge on any atom is 0.349 e. The maximum atomic E-state index is 14.5. The van der Waals surface area contributed by atoms with Gasteiger partial charge in [0.15, 0.2) is 0 Å². The zero-order chi connectivity index (χ0) is 25.7. The van der Waals surface area contributed by atoms with Crippen molar-refractivity contribution in [3.8, 4) is 0 Å². The van der Waals surface area contributed by atoms with Crippen molar-refractivity contribution in [1.29, 1.82) is 0 Å². The molecule has 35 heavy (non-hydrogen) atoms. The lowest BCUT2D eigenvalue weighted by Gasteiger charge is -2.47. The van der Waals surface area contributed by atoms with Crippen LogP contribution in [0.4, 0.5) is 8.78 Å². The summed E-state index contributed by atoms with van der Waals surface area (Å²) < 4.78 is 29.0. The van der Waals surface area contributed by atoms with Gasteiger partial charge in [-0.05, 0) is 35.1 Å². The molecule has 2 aromatic rings. The van der Waals surface area contributed by atoms with E-state index in [1.807, 2.05) is 0 Å². The van der Waals surface area contributed by atoms with E-state index in [9.17, 15) is 28.0 Å². The van der Waals surface area contributed by atoms with Crippen molar-refractivity contribution in [2.45, 2.75) is 36.1 Å². The van der Waals surface area contributed by atoms with Crippen LogP contribution in [0.1, 0.15) is 27.0 Å². The van der Waals surface area contributed by atoms with E-state index in [-0.39, 0.29) is 29.9 Å². The van der Waals surface area contributed by atoms with Gasteiger partial charge in [0.05, 0.1) is 5.44 Å². The highest BCUT2D eigenvalue weighted by Gasteiger charge is 2.54. The van der Waals surface area contributed by atoms with E-state index < -0.39 is 40.4 Å². The van der Waals surface area contributed by atoms with Crippen molar-refractivity contribution in [1.82, 2.24) is 15.5 Å². The third kappa shape index (κ3) is 4.13. The molecule has 0 radical (unpaired) electrons. The predicted octanol–water partition coefficient (Wildman–Crippen LogP) is -0.467. The number of halogens is 3. The second kappa shape index (κ2) is 8.82. The molecule has 13 heteroatoms. The standard InChI is InChI=1S/C22H21B3ClF2N3O4/c23-15-16(24)21(25,19(34)30-17(15)32)31-9-11-7-10(1-6-14(11)18(31)33)8-29-20(35)22(27,28)12-2-4-13(26)5-3-12/h1-7,15-16H,8-9,23-25H2,(H,29,35)(H,30,32,34)/t15?,16?,21-/m1/s1. The Balaban J connectivity index is 1.50. The molecular weight excluding hydrogens is 476 g/mol. The number of hydrogen-bond acceptors (Lipinski definition) is 4. The highest BCUT2D eigenvalue weighted by atomic mass is 35.5. The number of fused-ring (bicyclic) bond motifs is 1. The topological polar surface area (TPSA) is 95.6 Å². The molecule has 0 aromatic heterocycles. The molecule has 0 bridgehead atoms. The fraction of sp³-hybridized carbons (Fsp3) is 0.273. The van der Waals surface area contributed by atoms with Crippen molar-refractivity contribution in [2.75, 3.05) is 0 Å². The van der Waals surface area contributed by atoms with Gasteiger partial charge in [0.2, 0.25) is 11.8 Å². The number of imide groups is 1. The monoisotopic (exact) mass is 497 g/mol. The molecule has 178 valence electrons. The summed E-state index contributed by atoms with van der Waals surface area (Å²) in [4.78, 5) is 51.6. The highest BCUT2D eigenvalue weighted by Crippen LogP contribution is 2.41. The minimum atomic E-state index is -3.75. The van der Waals surface area contributed by atoms with Gasteiger partial charge in [-0.3, -0.25) is 24.5 Å². The van der Waals surface area contributed by atoms with Crippen LogP contribution in [0.5, 0.6) is 0 Å². The predicted molar refractivity (Wildman–Crippen MR) is 133 cm³/mol. The first-order valence-corrected chi connectivity index (χ1v) is 11.5. The van der Waals surface area contributed by atoms with Crippen LogP contribution in [0, 0.1) is 0 Å². The number of alkyl halides is 2. The summed E-state index contributed by atoms with van der Waals surface area (Å²) >= 11 is 5.73. The third-order valence-corrected chi connectivity index (χ3v) is 7.48. The molecule has 2 aliphatic heterocycles. The number of amides is 4. The Kier molecular flexibility index (Phi) is 6.29. The van der Waals surface area contributed by atoms with Gasteiger partial charge in [0.1, 0.15) is 23.5 Å². The van der Waals surface area contributed by atoms with E-state index in [2.05, 4.69) is 10.6 Å². The van der Waals surface area contributed by atoms with Crippen LogP contribution in [0.25, 0.3) is 0 Å². The van der Waals surface area contributed by atoms with Crippen LogP contribution in [-0.2, 0) is 33.4 Å². The lowest BCUT2D eigenvalue weighted by atomic mass is 9.48. The van der Waals surface area contributed by atoms with Crippen molar-refractivity contribution in [3.63, 3.8) is 0 Å². The van der Waals surface area contributed by atoms with Gasteiger partial charge in [-0.1, -0.05) is 35.9 Å². The minimum absolute atomic E-state index is 0.117. The Morgan fingerprint density at radius 2 is 1.83 bits per heavy atom. The van der Waals surface area contributed by atoms with Gasteiger partial charge < -0.3 is 10.2 Å². The number of rotatable bonds is 5. The fourth-order valence-electron chi connectivity index (χ4n) is 4.58. The number of carbonyl (C=O) groups excluding carboxylic acids is 4. The number of piperidine rings is 1. The first-order chi connectivity index (χ1) is 16.4. The van der Waals surface area contributed by atoms with Crippen LogP contribution < -0.4 is 10.6 Å². The van der Waals surface area contributed by atoms with Gasteiger partial charge in [-0.25, -0.2) is 0 Å². The fourth-order valence-corrected chi connectivity index (χ4v) is 4.71. The summed E-state index contributed by atoms with van der Waals surface area (Å²) in [5.41, 5.74) is -0.198. The lowest BCUT2D eigenvalue weighted by Crippen LogP contribution is -2.67. The molecule has 2 unspecified atom stereocenters. The van der Waals surface area contributed by atoms with Crippen LogP contribution in [-0.4, -0.2) is 57.5 Å². The van der Waals surface area contributed by atoms with E-state index in [4.69, 9.17) is 11.6 Å². The normalized spacial score (nSPS) is 24.2. The molecule has 0 saturated carbocycles. The molecule has 3 atom stereocenters. The highest BCUT2D eigenvalue weighted by molar-refractivity contribution is 6.43. The summed E-state index contributed by atoms with van der Waals surface area (Å²) in [6.45, 7) is -0.0603. The Morgan fingerprint density at radius 1 is 1.17 bits per heavy atom. The molecule has 1 fully saturated rings. The third-order valence-electron chi connectivity index (χ3n) is 7.23. The van der Waals surface area contributed by atoms with Crippen molar-refractivity contribution in [3.05, 3.63) is 69.7 Å². The first-order valence-electron chi connectivity index (χ1n) is 11.1. The van der Waals surface area contributed by atoms with Gasteiger partial charge in [0, 0.05) is 35.1 Å². The molecule has 2 N–H and O–H groups in total. The molecule has 7 nitrogen and oxygen atoms in total. The van der Waals surface area contributed by atoms with E-state index in [0.29, 0.717) is 16.7 Å². The van der Waals surface area contributed by atoms with E-state index in [0.717, 1.165) is 12.1 Å². The SMILES string of the molecule is BC1C(=O)NC(=O)[C@](B)(N2Cc3cc(CNC(=O)C(F)(F)c4ccc(Cl)cc4)ccc3C2=O)C1B. The summed E-state index contributed by atoms with van der Waals surface area (Å²) in [6, 6.07) is 9.53. The number of benzene rings is 2. The number of hydrogen-bond donors (Lipinski definition) is 2. The second-order valence-corrected chi connectivity index (χ2v) is 9.63. The van der Waals surface area contributed by atoms with Crippen molar-refractivity contribution >= 4 is 58.8 Å². The molecule has 0 aliphatic carbocycles. The number of nitrogens with zero attached hydrogens (tertiary/aromatic N) is 1. The van der Waals surface area contributed by atoms with Crippen LogP contribution in [0.15, 0.2) is 42.5 Å². The smallest absolute Gasteiger partial charge is 0.346 e. The van der Waals surface area contributed by atoms with Crippen molar-refractivity contribution < 1.29 is 28.0 Å². The van der Waals surface area contributed by atoms with Gasteiger partial charge >= 0.3 is 5.92 Å². The maximum absolute atomic E-state index is 14.5. The number of nitrogens with one attached hydrogen (secondary N) is 2. The molecule has 0 spiro atoms. The van der Waals surface area contributed by atoms with E-state index in [1.165, 1.54) is 17.0 Å². The molecule has 2 aromatic carbocycles. The zero-order valence-corrected chi connectivity index (χ0v) is 20.1. The van der Waals surface area contributed by atoms with Crippen molar-refractivity contribution in [2.24, 2.45) is 0 Å².